The van der Waals surface area contributed by atoms with E-state index in [2.05, 4.69) is 36.5 Å². The minimum Gasteiger partial charge on any atom is -0.383 e. The van der Waals surface area contributed by atoms with Crippen LogP contribution in [0.25, 0.3) is 0 Å². The summed E-state index contributed by atoms with van der Waals surface area (Å²) in [5, 5.41) is 5.91. The third-order valence-electron chi connectivity index (χ3n) is 1.98. The van der Waals surface area contributed by atoms with Crippen LogP contribution in [0.1, 0.15) is 27.2 Å². The smallest absolute Gasteiger partial charge is 0.222 e. The lowest BCUT2D eigenvalue weighted by Gasteiger charge is -2.20. The summed E-state index contributed by atoms with van der Waals surface area (Å²) < 4.78 is 0.612. The van der Waals surface area contributed by atoms with Crippen LogP contribution in [0.4, 0.5) is 11.6 Å². The van der Waals surface area contributed by atoms with Gasteiger partial charge < -0.3 is 16.4 Å². The van der Waals surface area contributed by atoms with Gasteiger partial charge in [-0.25, -0.2) is 9.97 Å². The summed E-state index contributed by atoms with van der Waals surface area (Å²) in [5.74, 6) is 0.950. The van der Waals surface area contributed by atoms with Crippen LogP contribution < -0.4 is 16.4 Å². The normalized spacial score (nSPS) is 11.1. The first-order chi connectivity index (χ1) is 8.29. The van der Waals surface area contributed by atoms with Crippen LogP contribution in [0.15, 0.2) is 10.8 Å². The fourth-order valence-corrected chi connectivity index (χ4v) is 1.63. The summed E-state index contributed by atoms with van der Waals surface area (Å²) in [6.45, 7) is 6.32. The topological polar surface area (TPSA) is 92.9 Å². The number of hydrogen-bond donors (Lipinski definition) is 3. The predicted molar refractivity (Wildman–Crippen MR) is 75.1 cm³/mol. The lowest BCUT2D eigenvalue weighted by molar-refractivity contribution is -0.122. The molecule has 0 aromatic carbocycles. The Hall–Kier alpha value is -1.37. The standard InChI is InChI=1S/C11H18BrN5O/c1-11(2,3)17-7(18)4-5-14-10-8(12)9(13)15-6-16-10/h6H,4-5H2,1-3H3,(H,17,18)(H3,13,14,15,16). The maximum atomic E-state index is 11.6. The summed E-state index contributed by atoms with van der Waals surface area (Å²) in [6.07, 6.45) is 1.74. The minimum atomic E-state index is -0.211. The number of hydrogen-bond acceptors (Lipinski definition) is 5. The largest absolute Gasteiger partial charge is 0.383 e. The van der Waals surface area contributed by atoms with Crippen LogP contribution in [0, 0.1) is 0 Å². The molecular formula is C11H18BrN5O. The molecule has 0 fully saturated rings. The first-order valence-corrected chi connectivity index (χ1v) is 6.40. The van der Waals surface area contributed by atoms with Gasteiger partial charge in [-0.2, -0.15) is 0 Å². The molecule has 6 nitrogen and oxygen atoms in total. The number of anilines is 2. The minimum absolute atomic E-state index is 0.00634. The lowest BCUT2D eigenvalue weighted by Crippen LogP contribution is -2.41. The van der Waals surface area contributed by atoms with E-state index in [1.165, 1.54) is 6.33 Å². The SMILES string of the molecule is CC(C)(C)NC(=O)CCNc1ncnc(N)c1Br. The maximum absolute atomic E-state index is 11.6. The highest BCUT2D eigenvalue weighted by atomic mass is 79.9. The molecule has 100 valence electrons. The molecule has 4 N–H and O–H groups in total. The van der Waals surface area contributed by atoms with E-state index in [-0.39, 0.29) is 11.4 Å². The van der Waals surface area contributed by atoms with E-state index in [1.54, 1.807) is 0 Å². The Balaban J connectivity index is 2.43. The third kappa shape index (κ3) is 4.87. The second-order valence-corrected chi connectivity index (χ2v) is 5.69. The molecule has 0 saturated carbocycles. The predicted octanol–water partition coefficient (Wildman–Crippen LogP) is 1.54. The van der Waals surface area contributed by atoms with Crippen molar-refractivity contribution in [1.82, 2.24) is 15.3 Å². The molecule has 0 bridgehead atoms. The van der Waals surface area contributed by atoms with Gasteiger partial charge in [0, 0.05) is 18.5 Å². The van der Waals surface area contributed by atoms with Gasteiger partial charge in [0.2, 0.25) is 5.91 Å². The Morgan fingerprint density at radius 2 is 2.11 bits per heavy atom. The van der Waals surface area contributed by atoms with Crippen molar-refractivity contribution in [3.05, 3.63) is 10.8 Å². The van der Waals surface area contributed by atoms with Crippen molar-refractivity contribution in [3.63, 3.8) is 0 Å². The van der Waals surface area contributed by atoms with E-state index in [9.17, 15) is 4.79 Å². The van der Waals surface area contributed by atoms with E-state index in [1.807, 2.05) is 20.8 Å². The first-order valence-electron chi connectivity index (χ1n) is 5.60. The van der Waals surface area contributed by atoms with Crippen LogP contribution >= 0.6 is 15.9 Å². The van der Waals surface area contributed by atoms with Crippen molar-refractivity contribution in [2.45, 2.75) is 32.7 Å². The summed E-state index contributed by atoms with van der Waals surface area (Å²) in [4.78, 5) is 19.4. The van der Waals surface area contributed by atoms with Gasteiger partial charge in [0.25, 0.3) is 0 Å². The highest BCUT2D eigenvalue weighted by Crippen LogP contribution is 2.23. The van der Waals surface area contributed by atoms with Gasteiger partial charge in [-0.15, -0.1) is 0 Å². The number of nitrogen functional groups attached to an aromatic ring is 1. The van der Waals surface area contributed by atoms with Crippen molar-refractivity contribution < 1.29 is 4.79 Å². The Morgan fingerprint density at radius 1 is 1.44 bits per heavy atom. The monoisotopic (exact) mass is 315 g/mol. The summed E-state index contributed by atoms with van der Waals surface area (Å²) in [7, 11) is 0. The van der Waals surface area contributed by atoms with Crippen molar-refractivity contribution >= 4 is 33.5 Å². The molecule has 18 heavy (non-hydrogen) atoms. The Morgan fingerprint density at radius 3 is 2.72 bits per heavy atom. The number of carbonyl (C=O) groups is 1. The number of nitrogens with two attached hydrogens (primary N) is 1. The molecule has 1 amide bonds. The van der Waals surface area contributed by atoms with Gasteiger partial charge >= 0.3 is 0 Å². The molecule has 1 heterocycles. The quantitative estimate of drug-likeness (QED) is 0.783. The van der Waals surface area contributed by atoms with Gasteiger partial charge in [-0.3, -0.25) is 4.79 Å². The number of aromatic nitrogens is 2. The van der Waals surface area contributed by atoms with Crippen LogP contribution in [0.2, 0.25) is 0 Å². The molecule has 1 rings (SSSR count). The summed E-state index contributed by atoms with van der Waals surface area (Å²) >= 11 is 3.28. The van der Waals surface area contributed by atoms with E-state index in [4.69, 9.17) is 5.73 Å². The van der Waals surface area contributed by atoms with Crippen LogP contribution in [-0.2, 0) is 4.79 Å². The first kappa shape index (κ1) is 14.7. The maximum Gasteiger partial charge on any atom is 0.222 e. The molecule has 0 unspecified atom stereocenters. The average molecular weight is 316 g/mol. The lowest BCUT2D eigenvalue weighted by atomic mass is 10.1. The van der Waals surface area contributed by atoms with Gasteiger partial charge in [0.15, 0.2) is 0 Å². The molecule has 0 spiro atoms. The molecule has 7 heteroatoms. The van der Waals surface area contributed by atoms with E-state index in [0.717, 1.165) is 0 Å². The molecule has 1 aromatic heterocycles. The number of carbonyl (C=O) groups excluding carboxylic acids is 1. The van der Waals surface area contributed by atoms with Gasteiger partial charge in [-0.1, -0.05) is 0 Å². The molecule has 0 atom stereocenters. The molecule has 0 aliphatic rings. The van der Waals surface area contributed by atoms with Crippen molar-refractivity contribution in [2.75, 3.05) is 17.6 Å². The zero-order chi connectivity index (χ0) is 13.8. The van der Waals surface area contributed by atoms with Gasteiger partial charge in [0.05, 0.1) is 0 Å². The Labute approximate surface area is 115 Å². The van der Waals surface area contributed by atoms with Crippen molar-refractivity contribution in [1.29, 1.82) is 0 Å². The van der Waals surface area contributed by atoms with Crippen molar-refractivity contribution in [2.24, 2.45) is 0 Å². The Kier molecular flexibility index (Phi) is 4.89. The second-order valence-electron chi connectivity index (χ2n) is 4.90. The third-order valence-corrected chi connectivity index (χ3v) is 2.76. The summed E-state index contributed by atoms with van der Waals surface area (Å²) in [5.41, 5.74) is 5.41. The Bertz CT molecular complexity index is 430. The van der Waals surface area contributed by atoms with E-state index >= 15 is 0 Å². The number of rotatable bonds is 4. The fraction of sp³-hybridized carbons (Fsp3) is 0.545. The zero-order valence-corrected chi connectivity index (χ0v) is 12.3. The molecule has 0 saturated heterocycles. The average Bonchev–Trinajstić information content (AvgIpc) is 2.21. The van der Waals surface area contributed by atoms with Crippen molar-refractivity contribution in [3.8, 4) is 0 Å². The second kappa shape index (κ2) is 5.99. The number of amides is 1. The molecule has 0 aliphatic heterocycles. The number of nitrogens with one attached hydrogen (secondary N) is 2. The number of halogens is 1. The highest BCUT2D eigenvalue weighted by molar-refractivity contribution is 9.10. The molecule has 1 aromatic rings. The molecule has 0 aliphatic carbocycles. The van der Waals surface area contributed by atoms with Crippen LogP contribution in [-0.4, -0.2) is 28.0 Å². The zero-order valence-electron chi connectivity index (χ0n) is 10.7. The number of nitrogens with zero attached hydrogens (tertiary/aromatic N) is 2. The van der Waals surface area contributed by atoms with E-state index in [0.29, 0.717) is 29.1 Å². The molecular weight excluding hydrogens is 298 g/mol. The van der Waals surface area contributed by atoms with E-state index < -0.39 is 0 Å². The van der Waals surface area contributed by atoms with Gasteiger partial charge in [0.1, 0.15) is 22.4 Å². The fourth-order valence-electron chi connectivity index (χ4n) is 1.28. The molecule has 0 radical (unpaired) electrons. The highest BCUT2D eigenvalue weighted by Gasteiger charge is 2.13. The summed E-state index contributed by atoms with van der Waals surface area (Å²) in [6, 6.07) is 0. The van der Waals surface area contributed by atoms with Crippen LogP contribution in [0.5, 0.6) is 0 Å². The van der Waals surface area contributed by atoms with Gasteiger partial charge in [-0.05, 0) is 36.7 Å². The van der Waals surface area contributed by atoms with Crippen LogP contribution in [0.3, 0.4) is 0 Å².